The maximum atomic E-state index is 12.9. The Hall–Kier alpha value is -2.71. The van der Waals surface area contributed by atoms with Gasteiger partial charge in [0.2, 0.25) is 0 Å². The van der Waals surface area contributed by atoms with Gasteiger partial charge in [-0.1, -0.05) is 17.7 Å². The van der Waals surface area contributed by atoms with Crippen molar-refractivity contribution in [2.24, 2.45) is 0 Å². The number of nitrogens with one attached hydrogen (secondary N) is 1. The zero-order valence-corrected chi connectivity index (χ0v) is 16.9. The third-order valence-corrected chi connectivity index (χ3v) is 5.73. The first-order valence-corrected chi connectivity index (χ1v) is 9.70. The molecule has 2 aromatic rings. The SMILES string of the molecule is COC(=O)c1c(NC(=O)c2cccc(C)c2)sc(C(=O)N2CCOCC2)c1C. The summed E-state index contributed by atoms with van der Waals surface area (Å²) in [5, 5.41) is 3.08. The highest BCUT2D eigenvalue weighted by Gasteiger charge is 2.29. The smallest absolute Gasteiger partial charge is 0.341 e. The first-order valence-electron chi connectivity index (χ1n) is 8.89. The third kappa shape index (κ3) is 4.07. The van der Waals surface area contributed by atoms with Crippen LogP contribution in [0.5, 0.6) is 0 Å². The van der Waals surface area contributed by atoms with Crippen molar-refractivity contribution in [3.8, 4) is 0 Å². The number of methoxy groups -OCH3 is 1. The fourth-order valence-electron chi connectivity index (χ4n) is 3.03. The van der Waals surface area contributed by atoms with Crippen LogP contribution in [0.3, 0.4) is 0 Å². The number of nitrogens with zero attached hydrogens (tertiary/aromatic N) is 1. The fraction of sp³-hybridized carbons (Fsp3) is 0.350. The average molecular weight is 402 g/mol. The molecule has 2 heterocycles. The molecule has 0 saturated carbocycles. The molecular weight excluding hydrogens is 380 g/mol. The Kier molecular flexibility index (Phi) is 6.11. The summed E-state index contributed by atoms with van der Waals surface area (Å²) >= 11 is 1.09. The summed E-state index contributed by atoms with van der Waals surface area (Å²) in [4.78, 5) is 40.0. The molecule has 2 amide bonds. The molecule has 1 saturated heterocycles. The monoisotopic (exact) mass is 402 g/mol. The summed E-state index contributed by atoms with van der Waals surface area (Å²) in [5.41, 5.74) is 2.15. The molecule has 1 fully saturated rings. The number of benzene rings is 1. The molecule has 1 aromatic heterocycles. The van der Waals surface area contributed by atoms with Crippen LogP contribution in [0.25, 0.3) is 0 Å². The van der Waals surface area contributed by atoms with E-state index in [1.807, 2.05) is 13.0 Å². The molecule has 148 valence electrons. The van der Waals surface area contributed by atoms with Crippen molar-refractivity contribution >= 4 is 34.1 Å². The molecule has 0 aliphatic carbocycles. The number of carbonyl (C=O) groups is 3. The summed E-state index contributed by atoms with van der Waals surface area (Å²) in [6.45, 7) is 5.54. The second-order valence-electron chi connectivity index (χ2n) is 6.48. The lowest BCUT2D eigenvalue weighted by molar-refractivity contribution is 0.0305. The summed E-state index contributed by atoms with van der Waals surface area (Å²) in [6.07, 6.45) is 0. The Morgan fingerprint density at radius 2 is 1.89 bits per heavy atom. The number of hydrogen-bond acceptors (Lipinski definition) is 6. The van der Waals surface area contributed by atoms with Crippen molar-refractivity contribution in [3.05, 3.63) is 51.4 Å². The molecule has 0 atom stereocenters. The largest absolute Gasteiger partial charge is 0.465 e. The second-order valence-corrected chi connectivity index (χ2v) is 7.50. The number of hydrogen-bond donors (Lipinski definition) is 1. The van der Waals surface area contributed by atoms with Crippen molar-refractivity contribution in [2.75, 3.05) is 38.7 Å². The van der Waals surface area contributed by atoms with E-state index in [0.29, 0.717) is 47.3 Å². The van der Waals surface area contributed by atoms with Gasteiger partial charge in [-0.2, -0.15) is 0 Å². The van der Waals surface area contributed by atoms with Crippen molar-refractivity contribution in [1.29, 1.82) is 0 Å². The van der Waals surface area contributed by atoms with E-state index < -0.39 is 5.97 Å². The third-order valence-electron chi connectivity index (χ3n) is 4.54. The molecule has 7 nitrogen and oxygen atoms in total. The first kappa shape index (κ1) is 20.0. The fourth-order valence-corrected chi connectivity index (χ4v) is 4.18. The average Bonchev–Trinajstić information content (AvgIpc) is 3.03. The van der Waals surface area contributed by atoms with E-state index in [1.54, 1.807) is 30.0 Å². The van der Waals surface area contributed by atoms with Crippen molar-refractivity contribution < 1.29 is 23.9 Å². The zero-order chi connectivity index (χ0) is 20.3. The minimum atomic E-state index is -0.589. The van der Waals surface area contributed by atoms with Crippen molar-refractivity contribution in [3.63, 3.8) is 0 Å². The van der Waals surface area contributed by atoms with Crippen molar-refractivity contribution in [2.45, 2.75) is 13.8 Å². The van der Waals surface area contributed by atoms with Crippen LogP contribution in [0.1, 0.15) is 41.5 Å². The van der Waals surface area contributed by atoms with Gasteiger partial charge in [-0.15, -0.1) is 11.3 Å². The van der Waals surface area contributed by atoms with E-state index in [0.717, 1.165) is 16.9 Å². The number of amides is 2. The highest BCUT2D eigenvalue weighted by atomic mass is 32.1. The molecule has 8 heteroatoms. The van der Waals surface area contributed by atoms with E-state index in [9.17, 15) is 14.4 Å². The van der Waals surface area contributed by atoms with Crippen LogP contribution in [0.15, 0.2) is 24.3 Å². The van der Waals surface area contributed by atoms with Gasteiger partial charge in [0, 0.05) is 18.7 Å². The predicted molar refractivity (Wildman–Crippen MR) is 106 cm³/mol. The quantitative estimate of drug-likeness (QED) is 0.795. The molecule has 1 aliphatic heterocycles. The van der Waals surface area contributed by atoms with Gasteiger partial charge in [-0.3, -0.25) is 9.59 Å². The van der Waals surface area contributed by atoms with Crippen LogP contribution < -0.4 is 5.32 Å². The van der Waals surface area contributed by atoms with Crippen LogP contribution in [-0.2, 0) is 9.47 Å². The number of carbonyl (C=O) groups excluding carboxylic acids is 3. The van der Waals surface area contributed by atoms with Gasteiger partial charge in [-0.25, -0.2) is 4.79 Å². The molecule has 0 unspecified atom stereocenters. The summed E-state index contributed by atoms with van der Waals surface area (Å²) < 4.78 is 10.2. The Labute approximate surface area is 167 Å². The van der Waals surface area contributed by atoms with Gasteiger partial charge in [0.1, 0.15) is 5.00 Å². The first-order chi connectivity index (χ1) is 13.4. The van der Waals surface area contributed by atoms with Crippen molar-refractivity contribution in [1.82, 2.24) is 4.90 Å². The number of ether oxygens (including phenoxy) is 2. The number of morpholine rings is 1. The Bertz CT molecular complexity index is 915. The van der Waals surface area contributed by atoms with Crippen LogP contribution in [0.2, 0.25) is 0 Å². The summed E-state index contributed by atoms with van der Waals surface area (Å²) in [7, 11) is 1.27. The standard InChI is InChI=1S/C20H22N2O5S/c1-12-5-4-6-14(11-12)17(23)21-18-15(20(25)26-3)13(2)16(28-18)19(24)22-7-9-27-10-8-22/h4-6,11H,7-10H2,1-3H3,(H,21,23). The van der Waals surface area contributed by atoms with Gasteiger partial charge in [0.25, 0.3) is 11.8 Å². The minimum Gasteiger partial charge on any atom is -0.465 e. The van der Waals surface area contributed by atoms with Gasteiger partial charge in [-0.05, 0) is 31.5 Å². The van der Waals surface area contributed by atoms with Gasteiger partial charge >= 0.3 is 5.97 Å². The predicted octanol–water partition coefficient (Wildman–Crippen LogP) is 2.88. The number of aryl methyl sites for hydroxylation is 1. The van der Waals surface area contributed by atoms with E-state index in [2.05, 4.69) is 5.32 Å². The van der Waals surface area contributed by atoms with E-state index >= 15 is 0 Å². The molecule has 1 aliphatic rings. The summed E-state index contributed by atoms with van der Waals surface area (Å²) in [6, 6.07) is 7.14. The molecule has 3 rings (SSSR count). The minimum absolute atomic E-state index is 0.174. The Morgan fingerprint density at radius 3 is 2.54 bits per heavy atom. The molecule has 28 heavy (non-hydrogen) atoms. The molecule has 0 bridgehead atoms. The van der Waals surface area contributed by atoms with Gasteiger partial charge in [0.15, 0.2) is 0 Å². The lowest BCUT2D eigenvalue weighted by Gasteiger charge is -2.26. The molecule has 1 N–H and O–H groups in total. The van der Waals surface area contributed by atoms with Gasteiger partial charge < -0.3 is 19.7 Å². The number of esters is 1. The number of thiophene rings is 1. The van der Waals surface area contributed by atoms with E-state index in [4.69, 9.17) is 9.47 Å². The second kappa shape index (κ2) is 8.53. The normalized spacial score (nSPS) is 13.9. The molecular formula is C20H22N2O5S. The lowest BCUT2D eigenvalue weighted by Crippen LogP contribution is -2.40. The topological polar surface area (TPSA) is 84.9 Å². The zero-order valence-electron chi connectivity index (χ0n) is 16.0. The van der Waals surface area contributed by atoms with E-state index in [1.165, 1.54) is 7.11 Å². The van der Waals surface area contributed by atoms with Crippen LogP contribution >= 0.6 is 11.3 Å². The van der Waals surface area contributed by atoms with E-state index in [-0.39, 0.29) is 17.4 Å². The molecule has 1 aromatic carbocycles. The maximum Gasteiger partial charge on any atom is 0.341 e. The van der Waals surface area contributed by atoms with Crippen LogP contribution in [-0.4, -0.2) is 56.1 Å². The Morgan fingerprint density at radius 1 is 1.18 bits per heavy atom. The van der Waals surface area contributed by atoms with Crippen LogP contribution in [0, 0.1) is 13.8 Å². The summed E-state index contributed by atoms with van der Waals surface area (Å²) in [5.74, 6) is -1.11. The highest BCUT2D eigenvalue weighted by molar-refractivity contribution is 7.18. The Balaban J connectivity index is 1.94. The highest BCUT2D eigenvalue weighted by Crippen LogP contribution is 2.35. The number of rotatable bonds is 4. The van der Waals surface area contributed by atoms with Crippen LogP contribution in [0.4, 0.5) is 5.00 Å². The van der Waals surface area contributed by atoms with Gasteiger partial charge in [0.05, 0.1) is 30.8 Å². The maximum absolute atomic E-state index is 12.9. The lowest BCUT2D eigenvalue weighted by atomic mass is 10.1. The number of anilines is 1. The molecule has 0 radical (unpaired) electrons. The molecule has 0 spiro atoms.